The Kier molecular flexibility index (Phi) is 12.8. The number of aryl methyl sites for hydroxylation is 3. The van der Waals surface area contributed by atoms with Crippen LogP contribution >= 0.6 is 0 Å². The van der Waals surface area contributed by atoms with E-state index in [-0.39, 0.29) is 23.5 Å². The first-order valence-corrected chi connectivity index (χ1v) is 31.4. The summed E-state index contributed by atoms with van der Waals surface area (Å²) in [5.41, 5.74) is 11.7. The van der Waals surface area contributed by atoms with Crippen molar-refractivity contribution in [1.82, 2.24) is 13.9 Å². The third-order valence-electron chi connectivity index (χ3n) is 17.5. The minimum absolute atomic E-state index is 0.175. The first-order chi connectivity index (χ1) is 38.6. The highest BCUT2D eigenvalue weighted by atomic mass is 32.2. The lowest BCUT2D eigenvalue weighted by Crippen LogP contribution is -2.45. The average Bonchev–Trinajstić information content (AvgIpc) is 3.66. The van der Waals surface area contributed by atoms with Crippen molar-refractivity contribution < 1.29 is 26.1 Å². The molecule has 0 atom stereocenters. The third-order valence-corrected chi connectivity index (χ3v) is 20.3. The van der Waals surface area contributed by atoms with E-state index in [1.165, 1.54) is 59.7 Å². The van der Waals surface area contributed by atoms with E-state index in [0.717, 1.165) is 158 Å². The number of sulfonamides is 1. The zero-order valence-corrected chi connectivity index (χ0v) is 46.1. The number of fused-ring (bicyclic) bond motifs is 8. The van der Waals surface area contributed by atoms with Crippen molar-refractivity contribution in [3.8, 4) is 11.5 Å². The summed E-state index contributed by atoms with van der Waals surface area (Å²) in [6, 6.07) is 44.1. The van der Waals surface area contributed by atoms with Crippen LogP contribution in [0.15, 0.2) is 143 Å². The number of pyridine rings is 1. The number of benzene rings is 8. The van der Waals surface area contributed by atoms with Gasteiger partial charge in [-0.25, -0.2) is 18.0 Å². The highest BCUT2D eigenvalue weighted by Gasteiger charge is 2.38. The van der Waals surface area contributed by atoms with Crippen LogP contribution in [0.1, 0.15) is 90.3 Å². The second-order valence-corrected chi connectivity index (χ2v) is 25.6. The molecular weight excluding hydrogens is 1020 g/mol. The molecule has 0 spiro atoms. The van der Waals surface area contributed by atoms with Crippen LogP contribution in [0.3, 0.4) is 0 Å². The molecule has 79 heavy (non-hydrogen) atoms. The van der Waals surface area contributed by atoms with Gasteiger partial charge in [-0.3, -0.25) is 4.55 Å². The Morgan fingerprint density at radius 1 is 0.620 bits per heavy atom. The minimum atomic E-state index is -5.00. The molecule has 0 saturated heterocycles. The van der Waals surface area contributed by atoms with Crippen LogP contribution < -0.4 is 30.1 Å². The molecule has 14 rings (SSSR count). The van der Waals surface area contributed by atoms with Gasteiger partial charge < -0.3 is 15.0 Å². The zero-order valence-electron chi connectivity index (χ0n) is 44.4. The maximum Gasteiger partial charge on any atom is 0.295 e. The molecule has 400 valence electrons. The third kappa shape index (κ3) is 8.84. The molecule has 5 aliphatic rings. The van der Waals surface area contributed by atoms with Crippen LogP contribution in [0.2, 0.25) is 0 Å². The number of para-hydroxylation sites is 2. The van der Waals surface area contributed by atoms with Crippen molar-refractivity contribution in [2.45, 2.75) is 93.3 Å². The molecule has 0 radical (unpaired) electrons. The molecule has 0 saturated carbocycles. The minimum Gasteiger partial charge on any atom is -0.455 e. The SMILES string of the molecule is O=S(=O)(O)c1cc(S(=O)(=O)N(CCCCCc2c3ccccc3cc3ccccc23)CCCNc2c3ccccc3nc3ccccc23)ccc1C1=c2cc3c4c(c2Oc2c1cc1c5c2CCCN5CCC1)CCC[N+]=4CCC3. The lowest BCUT2D eigenvalue weighted by Gasteiger charge is -2.39. The maximum absolute atomic E-state index is 15.4. The van der Waals surface area contributed by atoms with Gasteiger partial charge >= 0.3 is 0 Å². The van der Waals surface area contributed by atoms with E-state index in [0.29, 0.717) is 25.0 Å². The van der Waals surface area contributed by atoms with Gasteiger partial charge in [0.15, 0.2) is 0 Å². The van der Waals surface area contributed by atoms with Crippen LogP contribution in [0.5, 0.6) is 11.5 Å². The van der Waals surface area contributed by atoms with Crippen LogP contribution in [-0.2, 0) is 52.2 Å². The number of nitrogens with zero attached hydrogens (tertiary/aromatic N) is 4. The van der Waals surface area contributed by atoms with Crippen molar-refractivity contribution >= 4 is 80.4 Å². The van der Waals surface area contributed by atoms with Gasteiger partial charge in [-0.2, -0.15) is 12.7 Å². The van der Waals surface area contributed by atoms with E-state index in [1.54, 1.807) is 12.1 Å². The molecule has 0 amide bonds. The molecule has 2 N–H and O–H groups in total. The van der Waals surface area contributed by atoms with E-state index in [4.69, 9.17) is 9.72 Å². The number of hydrogen-bond donors (Lipinski definition) is 2. The summed E-state index contributed by atoms with van der Waals surface area (Å²) in [6.45, 7) is 4.82. The van der Waals surface area contributed by atoms with Crippen LogP contribution in [-0.4, -0.2) is 76.5 Å². The largest absolute Gasteiger partial charge is 0.455 e. The van der Waals surface area contributed by atoms with Crippen LogP contribution in [0.4, 0.5) is 11.4 Å². The van der Waals surface area contributed by atoms with Crippen molar-refractivity contribution in [1.29, 1.82) is 0 Å². The Morgan fingerprint density at radius 2 is 1.27 bits per heavy atom. The van der Waals surface area contributed by atoms with Gasteiger partial charge in [0, 0.05) is 95.1 Å². The highest BCUT2D eigenvalue weighted by molar-refractivity contribution is 7.89. The summed E-state index contributed by atoms with van der Waals surface area (Å²) in [4.78, 5) is 6.78. The Hall–Kier alpha value is -7.16. The Labute approximate surface area is 461 Å². The van der Waals surface area contributed by atoms with Gasteiger partial charge in [0.25, 0.3) is 10.1 Å². The molecule has 9 aromatic rings. The molecule has 6 heterocycles. The summed E-state index contributed by atoms with van der Waals surface area (Å²) in [5.74, 6) is 1.49. The smallest absolute Gasteiger partial charge is 0.295 e. The number of rotatable bonds is 15. The number of aromatic nitrogens is 1. The molecule has 11 nitrogen and oxygen atoms in total. The molecule has 0 aliphatic carbocycles. The number of nitrogens with one attached hydrogen (secondary N) is 1. The second kappa shape index (κ2) is 20.2. The second-order valence-electron chi connectivity index (χ2n) is 22.3. The normalized spacial score (nSPS) is 15.8. The molecule has 0 fully saturated rings. The predicted molar refractivity (Wildman–Crippen MR) is 317 cm³/mol. The van der Waals surface area contributed by atoms with Gasteiger partial charge in [0.05, 0.1) is 27.2 Å². The number of ether oxygens (including phenoxy) is 1. The standard InChI is InChI=1S/C66H63N5O6S2/c72-78(73,71(38-16-32-67-62-51-24-7-9-28-58(51)68-59-29-10-8-25-52(59)62)37-11-1-2-23-50-48-21-5-3-17-43(48)39-44-18-4-6-22-49(44)50)47-30-31-53(60(42-47)79(74,75)76)61-56-40-45-19-12-33-69-35-14-26-54(63(45)69)65(56)77-66-55-27-15-36-70-34-13-20-46(64(55)70)41-57(61)66/h3-10,17-18,21-22,24-25,28-31,39-42H,1-2,11-16,19-20,23,26-27,32-38H2,(H-,67,68,74,75,76)/p+1. The summed E-state index contributed by atoms with van der Waals surface area (Å²) < 4.78 is 81.8. The molecule has 8 aromatic carbocycles. The van der Waals surface area contributed by atoms with Gasteiger partial charge in [-0.15, -0.1) is 0 Å². The van der Waals surface area contributed by atoms with Crippen LogP contribution in [0.25, 0.3) is 48.9 Å². The van der Waals surface area contributed by atoms with Crippen LogP contribution in [0, 0.1) is 0 Å². The summed E-state index contributed by atoms with van der Waals surface area (Å²) in [7, 11) is -9.33. The van der Waals surface area contributed by atoms with E-state index in [2.05, 4.69) is 93.7 Å². The van der Waals surface area contributed by atoms with Gasteiger partial charge in [-0.1, -0.05) is 97.4 Å². The van der Waals surface area contributed by atoms with E-state index < -0.39 is 25.0 Å². The summed E-state index contributed by atoms with van der Waals surface area (Å²) in [6.07, 6.45) is 11.0. The van der Waals surface area contributed by atoms with Gasteiger partial charge in [0.2, 0.25) is 15.4 Å². The lowest BCUT2D eigenvalue weighted by molar-refractivity contribution is 0.395. The average molecular weight is 1090 g/mol. The Morgan fingerprint density at radius 3 is 2.00 bits per heavy atom. The van der Waals surface area contributed by atoms with Crippen molar-refractivity contribution in [2.75, 3.05) is 56.0 Å². The highest BCUT2D eigenvalue weighted by Crippen LogP contribution is 2.49. The molecule has 0 bridgehead atoms. The lowest BCUT2D eigenvalue weighted by atomic mass is 9.82. The fourth-order valence-corrected chi connectivity index (χ4v) is 16.4. The molecule has 1 aromatic heterocycles. The maximum atomic E-state index is 15.4. The van der Waals surface area contributed by atoms with Crippen molar-refractivity contribution in [3.63, 3.8) is 0 Å². The fourth-order valence-electron chi connectivity index (χ4n) is 14.0. The zero-order chi connectivity index (χ0) is 53.4. The van der Waals surface area contributed by atoms with Crippen molar-refractivity contribution in [3.05, 3.63) is 183 Å². The number of hydrogen-bond acceptors (Lipinski definition) is 8. The Bertz CT molecular complexity index is 4260. The van der Waals surface area contributed by atoms with Gasteiger partial charge in [-0.05, 0) is 139 Å². The van der Waals surface area contributed by atoms with E-state index in [9.17, 15) is 13.0 Å². The summed E-state index contributed by atoms with van der Waals surface area (Å²) >= 11 is 0. The number of unbranched alkanes of at least 4 members (excludes halogenated alkanes) is 2. The number of anilines is 2. The first-order valence-electron chi connectivity index (χ1n) is 28.5. The molecule has 0 unspecified atom stereocenters. The Balaban J connectivity index is 0.838. The summed E-state index contributed by atoms with van der Waals surface area (Å²) in [5, 5.41) is 12.5. The molecule has 13 heteroatoms. The van der Waals surface area contributed by atoms with E-state index >= 15 is 8.42 Å². The predicted octanol–water partition coefficient (Wildman–Crippen LogP) is 11.3. The van der Waals surface area contributed by atoms with Gasteiger partial charge in [0.1, 0.15) is 29.5 Å². The topological polar surface area (TPSA) is 132 Å². The van der Waals surface area contributed by atoms with E-state index in [1.807, 2.05) is 36.4 Å². The quantitative estimate of drug-likeness (QED) is 0.0446. The fraction of sp³-hybridized carbons (Fsp3) is 0.303. The molecular formula is C66H64N5O6S2+. The molecule has 5 aliphatic heterocycles. The van der Waals surface area contributed by atoms with Crippen molar-refractivity contribution in [2.24, 2.45) is 0 Å². The monoisotopic (exact) mass is 1090 g/mol. The first kappa shape index (κ1) is 50.1.